The zero-order valence-corrected chi connectivity index (χ0v) is 11.1. The van der Waals surface area contributed by atoms with E-state index in [4.69, 9.17) is 5.73 Å². The summed E-state index contributed by atoms with van der Waals surface area (Å²) in [6.07, 6.45) is 7.07. The average Bonchev–Trinajstić information content (AvgIpc) is 2.39. The molecule has 0 amide bonds. The molecule has 0 radical (unpaired) electrons. The maximum atomic E-state index is 11.7. The Morgan fingerprint density at radius 1 is 1.44 bits per heavy atom. The van der Waals surface area contributed by atoms with Crippen molar-refractivity contribution < 1.29 is 8.42 Å². The number of allylic oxidation sites excluding steroid dienone is 1. The van der Waals surface area contributed by atoms with Crippen LogP contribution in [0, 0.1) is 0 Å². The highest BCUT2D eigenvalue weighted by Crippen LogP contribution is 2.20. The molecule has 1 aliphatic carbocycles. The van der Waals surface area contributed by atoms with Crippen molar-refractivity contribution in [3.05, 3.63) is 11.6 Å². The molecule has 0 aromatic heterocycles. The van der Waals surface area contributed by atoms with Gasteiger partial charge in [-0.05, 0) is 39.5 Å². The highest BCUT2D eigenvalue weighted by molar-refractivity contribution is 7.91. The normalized spacial score (nSPS) is 23.0. The third-order valence-corrected chi connectivity index (χ3v) is 5.37. The largest absolute Gasteiger partial charge is 0.324 e. The van der Waals surface area contributed by atoms with E-state index in [1.165, 1.54) is 5.57 Å². The molecule has 0 heterocycles. The van der Waals surface area contributed by atoms with Crippen molar-refractivity contribution in [2.45, 2.75) is 57.2 Å². The van der Waals surface area contributed by atoms with Crippen LogP contribution in [-0.2, 0) is 9.84 Å². The van der Waals surface area contributed by atoms with E-state index in [-0.39, 0.29) is 17.0 Å². The van der Waals surface area contributed by atoms with E-state index in [1.807, 2.05) is 0 Å². The summed E-state index contributed by atoms with van der Waals surface area (Å²) in [5.41, 5.74) is 7.13. The van der Waals surface area contributed by atoms with Gasteiger partial charge < -0.3 is 5.73 Å². The van der Waals surface area contributed by atoms with Crippen molar-refractivity contribution in [3.63, 3.8) is 0 Å². The molecule has 1 atom stereocenters. The van der Waals surface area contributed by atoms with Gasteiger partial charge in [0.1, 0.15) is 0 Å². The van der Waals surface area contributed by atoms with Gasteiger partial charge in [0, 0.05) is 6.04 Å². The predicted octanol–water partition coefficient (Wildman–Crippen LogP) is 2.03. The lowest BCUT2D eigenvalue weighted by atomic mass is 10.1. The molecule has 1 aliphatic rings. The Hall–Kier alpha value is -0.350. The summed E-state index contributed by atoms with van der Waals surface area (Å²) in [7, 11) is -2.91. The molecule has 16 heavy (non-hydrogen) atoms. The highest BCUT2D eigenvalue weighted by Gasteiger charge is 2.17. The zero-order chi connectivity index (χ0) is 12.2. The van der Waals surface area contributed by atoms with Gasteiger partial charge in [-0.25, -0.2) is 8.42 Å². The third-order valence-electron chi connectivity index (χ3n) is 3.16. The minimum absolute atomic E-state index is 0.124. The van der Waals surface area contributed by atoms with Crippen LogP contribution in [0.4, 0.5) is 0 Å². The summed E-state index contributed by atoms with van der Waals surface area (Å²) in [5.74, 6) is 0.267. The molecule has 3 nitrogen and oxygen atoms in total. The fourth-order valence-corrected chi connectivity index (χ4v) is 2.94. The van der Waals surface area contributed by atoms with E-state index in [1.54, 1.807) is 13.8 Å². The predicted molar refractivity (Wildman–Crippen MR) is 68.1 cm³/mol. The number of rotatable bonds is 4. The Morgan fingerprint density at radius 2 is 2.12 bits per heavy atom. The second-order valence-corrected chi connectivity index (χ2v) is 7.58. The van der Waals surface area contributed by atoms with Gasteiger partial charge in [-0.3, -0.25) is 0 Å². The topological polar surface area (TPSA) is 60.2 Å². The molecule has 0 saturated carbocycles. The first kappa shape index (κ1) is 13.7. The fourth-order valence-electron chi connectivity index (χ4n) is 1.92. The Balaban J connectivity index is 2.54. The van der Waals surface area contributed by atoms with Gasteiger partial charge in [-0.1, -0.05) is 18.1 Å². The Bertz CT molecular complexity index is 344. The van der Waals surface area contributed by atoms with Crippen molar-refractivity contribution in [1.82, 2.24) is 0 Å². The first-order chi connectivity index (χ1) is 7.42. The third kappa shape index (κ3) is 4.26. The molecule has 1 rings (SSSR count). The first-order valence-corrected chi connectivity index (χ1v) is 7.80. The van der Waals surface area contributed by atoms with Crippen molar-refractivity contribution >= 4 is 9.84 Å². The first-order valence-electron chi connectivity index (χ1n) is 6.08. The summed E-state index contributed by atoms with van der Waals surface area (Å²) in [6.45, 7) is 3.48. The van der Waals surface area contributed by atoms with Crippen LogP contribution in [0.15, 0.2) is 11.6 Å². The minimum Gasteiger partial charge on any atom is -0.324 e. The molecule has 0 aromatic carbocycles. The lowest BCUT2D eigenvalue weighted by molar-refractivity contribution is 0.586. The van der Waals surface area contributed by atoms with Gasteiger partial charge in [0.2, 0.25) is 0 Å². The number of hydrogen-bond acceptors (Lipinski definition) is 3. The van der Waals surface area contributed by atoms with Crippen LogP contribution in [0.3, 0.4) is 0 Å². The van der Waals surface area contributed by atoms with Crippen LogP contribution in [-0.4, -0.2) is 25.5 Å². The van der Waals surface area contributed by atoms with Crippen molar-refractivity contribution in [1.29, 1.82) is 0 Å². The molecule has 1 unspecified atom stereocenters. The molecule has 0 spiro atoms. The SMILES string of the molecule is CC(C)S(=O)(=O)CCC1=CC(N)CCCC1. The second-order valence-electron chi connectivity index (χ2n) is 4.90. The Kier molecular flexibility index (Phi) is 4.99. The maximum Gasteiger partial charge on any atom is 0.152 e. The van der Waals surface area contributed by atoms with Crippen LogP contribution in [0.25, 0.3) is 0 Å². The number of hydrogen-bond donors (Lipinski definition) is 1. The fraction of sp³-hybridized carbons (Fsp3) is 0.833. The van der Waals surface area contributed by atoms with Gasteiger partial charge in [-0.2, -0.15) is 0 Å². The summed E-state index contributed by atoms with van der Waals surface area (Å²) >= 11 is 0. The number of sulfone groups is 1. The molecule has 2 N–H and O–H groups in total. The van der Waals surface area contributed by atoms with E-state index in [0.29, 0.717) is 6.42 Å². The highest BCUT2D eigenvalue weighted by atomic mass is 32.2. The molecule has 0 aliphatic heterocycles. The smallest absolute Gasteiger partial charge is 0.152 e. The van der Waals surface area contributed by atoms with E-state index in [9.17, 15) is 8.42 Å². The van der Waals surface area contributed by atoms with E-state index < -0.39 is 9.84 Å². The van der Waals surface area contributed by atoms with Gasteiger partial charge in [0.25, 0.3) is 0 Å². The summed E-state index contributed by atoms with van der Waals surface area (Å²) in [4.78, 5) is 0. The minimum atomic E-state index is -2.91. The Morgan fingerprint density at radius 3 is 2.75 bits per heavy atom. The van der Waals surface area contributed by atoms with Crippen molar-refractivity contribution in [2.75, 3.05) is 5.75 Å². The van der Waals surface area contributed by atoms with E-state index >= 15 is 0 Å². The summed E-state index contributed by atoms with van der Waals surface area (Å²) in [5, 5.41) is -0.271. The number of nitrogens with two attached hydrogens (primary N) is 1. The summed E-state index contributed by atoms with van der Waals surface area (Å²) < 4.78 is 23.4. The molecular formula is C12H23NO2S. The van der Waals surface area contributed by atoms with Gasteiger partial charge in [0.15, 0.2) is 9.84 Å². The van der Waals surface area contributed by atoms with E-state index in [2.05, 4.69) is 6.08 Å². The average molecular weight is 245 g/mol. The molecule has 0 fully saturated rings. The van der Waals surface area contributed by atoms with Crippen LogP contribution < -0.4 is 5.73 Å². The van der Waals surface area contributed by atoms with Crippen LogP contribution in [0.2, 0.25) is 0 Å². The van der Waals surface area contributed by atoms with Crippen molar-refractivity contribution in [2.24, 2.45) is 5.73 Å². The van der Waals surface area contributed by atoms with Gasteiger partial charge in [0.05, 0.1) is 11.0 Å². The summed E-state index contributed by atoms with van der Waals surface area (Å²) in [6, 6.07) is 0.124. The van der Waals surface area contributed by atoms with Crippen LogP contribution in [0.1, 0.15) is 46.0 Å². The quantitative estimate of drug-likeness (QED) is 0.771. The molecule has 4 heteroatoms. The molecule has 0 bridgehead atoms. The maximum absolute atomic E-state index is 11.7. The van der Waals surface area contributed by atoms with Gasteiger partial charge >= 0.3 is 0 Å². The molecule has 94 valence electrons. The molecule has 0 saturated heterocycles. The van der Waals surface area contributed by atoms with Crippen LogP contribution in [0.5, 0.6) is 0 Å². The van der Waals surface area contributed by atoms with Gasteiger partial charge in [-0.15, -0.1) is 0 Å². The lowest BCUT2D eigenvalue weighted by Crippen LogP contribution is -2.19. The van der Waals surface area contributed by atoms with E-state index in [0.717, 1.165) is 25.7 Å². The molecule has 0 aromatic rings. The Labute approximate surface area is 99.0 Å². The standard InChI is InChI=1S/C12H23NO2S/c1-10(2)16(14,15)8-7-11-5-3-4-6-12(13)9-11/h9-10,12H,3-8,13H2,1-2H3. The van der Waals surface area contributed by atoms with Crippen molar-refractivity contribution in [3.8, 4) is 0 Å². The zero-order valence-electron chi connectivity index (χ0n) is 10.3. The lowest BCUT2D eigenvalue weighted by Gasteiger charge is -2.10. The second kappa shape index (κ2) is 5.82. The molecular weight excluding hydrogens is 222 g/mol. The van der Waals surface area contributed by atoms with Crippen LogP contribution >= 0.6 is 0 Å². The monoisotopic (exact) mass is 245 g/mol.